The molecular weight excluding hydrogens is 380 g/mol. The molecule has 7 heteroatoms. The molecule has 1 aromatic heterocycles. The molecule has 1 heterocycles. The van der Waals surface area contributed by atoms with Crippen LogP contribution in [0.3, 0.4) is 0 Å². The van der Waals surface area contributed by atoms with E-state index in [1.54, 1.807) is 17.5 Å². The van der Waals surface area contributed by atoms with Gasteiger partial charge in [0.05, 0.1) is 0 Å². The number of carbonyl (C=O) groups is 1. The van der Waals surface area contributed by atoms with Crippen LogP contribution in [0.1, 0.15) is 11.1 Å². The number of para-hydroxylation sites is 1. The predicted molar refractivity (Wildman–Crippen MR) is 108 cm³/mol. The highest BCUT2D eigenvalue weighted by Gasteiger charge is 2.27. The Morgan fingerprint density at radius 2 is 1.70 bits per heavy atom. The summed E-state index contributed by atoms with van der Waals surface area (Å²) in [7, 11) is -3.78. The van der Waals surface area contributed by atoms with Gasteiger partial charge in [0, 0.05) is 5.69 Å². The first-order valence-electron chi connectivity index (χ1n) is 8.42. The molecule has 0 radical (unpaired) electrons. The number of thiophene rings is 1. The number of hydrogen-bond acceptors (Lipinski definition) is 4. The molecule has 0 aliphatic carbocycles. The molecule has 27 heavy (non-hydrogen) atoms. The largest absolute Gasteiger partial charge is 0.324 e. The summed E-state index contributed by atoms with van der Waals surface area (Å²) in [5, 5.41) is 4.52. The van der Waals surface area contributed by atoms with Crippen molar-refractivity contribution in [2.24, 2.45) is 0 Å². The summed E-state index contributed by atoms with van der Waals surface area (Å²) in [5.41, 5.74) is 2.44. The fourth-order valence-electron chi connectivity index (χ4n) is 2.63. The fourth-order valence-corrected chi connectivity index (χ4v) is 4.84. The first-order chi connectivity index (χ1) is 13.0. The van der Waals surface area contributed by atoms with E-state index in [1.165, 1.54) is 6.07 Å². The standard InChI is InChI=1S/C20H20N2O3S2/c1-15-8-5-6-11-17(15)21-20(23)18(14-16-9-3-2-4-10-16)22-27(24,25)19-12-7-13-26-19/h2-13,18,22H,14H2,1H3,(H,21,23). The van der Waals surface area contributed by atoms with Crippen molar-refractivity contribution in [3.05, 3.63) is 83.2 Å². The molecule has 0 spiro atoms. The fraction of sp³-hybridized carbons (Fsp3) is 0.150. The third-order valence-electron chi connectivity index (χ3n) is 4.06. The van der Waals surface area contributed by atoms with E-state index in [0.29, 0.717) is 5.69 Å². The molecule has 1 amide bonds. The molecule has 1 unspecified atom stereocenters. The van der Waals surface area contributed by atoms with Gasteiger partial charge in [0.25, 0.3) is 10.0 Å². The number of aryl methyl sites for hydroxylation is 1. The number of benzene rings is 2. The quantitative estimate of drug-likeness (QED) is 0.636. The van der Waals surface area contributed by atoms with Crippen LogP contribution in [0.4, 0.5) is 5.69 Å². The third kappa shape index (κ3) is 5.03. The molecule has 3 rings (SSSR count). The molecule has 0 saturated carbocycles. The minimum Gasteiger partial charge on any atom is -0.324 e. The van der Waals surface area contributed by atoms with Crippen LogP contribution in [0.5, 0.6) is 0 Å². The van der Waals surface area contributed by atoms with Gasteiger partial charge >= 0.3 is 0 Å². The van der Waals surface area contributed by atoms with Crippen molar-refractivity contribution in [3.8, 4) is 0 Å². The van der Waals surface area contributed by atoms with Gasteiger partial charge in [-0.15, -0.1) is 11.3 Å². The summed E-state index contributed by atoms with van der Waals surface area (Å²) >= 11 is 1.11. The minimum atomic E-state index is -3.78. The van der Waals surface area contributed by atoms with E-state index in [0.717, 1.165) is 22.5 Å². The average Bonchev–Trinajstić information content (AvgIpc) is 3.19. The molecule has 1 atom stereocenters. The Morgan fingerprint density at radius 1 is 1.00 bits per heavy atom. The molecule has 0 bridgehead atoms. The smallest absolute Gasteiger partial charge is 0.250 e. The predicted octanol–water partition coefficient (Wildman–Crippen LogP) is 3.58. The molecule has 3 aromatic rings. The van der Waals surface area contributed by atoms with Gasteiger partial charge in [-0.1, -0.05) is 54.6 Å². The summed E-state index contributed by atoms with van der Waals surface area (Å²) in [4.78, 5) is 12.9. The summed E-state index contributed by atoms with van der Waals surface area (Å²) in [5.74, 6) is -0.395. The number of nitrogens with one attached hydrogen (secondary N) is 2. The Labute approximate surface area is 163 Å². The van der Waals surface area contributed by atoms with E-state index in [-0.39, 0.29) is 10.6 Å². The van der Waals surface area contributed by atoms with Gasteiger partial charge in [-0.3, -0.25) is 4.79 Å². The summed E-state index contributed by atoms with van der Waals surface area (Å²) in [6.07, 6.45) is 0.253. The Hall–Kier alpha value is -2.48. The van der Waals surface area contributed by atoms with Crippen molar-refractivity contribution in [2.45, 2.75) is 23.6 Å². The highest BCUT2D eigenvalue weighted by molar-refractivity contribution is 7.91. The number of sulfonamides is 1. The monoisotopic (exact) mass is 400 g/mol. The Kier molecular flexibility index (Phi) is 6.05. The van der Waals surface area contributed by atoms with Gasteiger partial charge in [0.1, 0.15) is 10.3 Å². The van der Waals surface area contributed by atoms with Crippen LogP contribution in [0.2, 0.25) is 0 Å². The molecule has 0 saturated heterocycles. The maximum atomic E-state index is 12.9. The van der Waals surface area contributed by atoms with Gasteiger partial charge in [0.15, 0.2) is 0 Å². The second kappa shape index (κ2) is 8.47. The van der Waals surface area contributed by atoms with E-state index >= 15 is 0 Å². The zero-order chi connectivity index (χ0) is 19.3. The number of carbonyl (C=O) groups excluding carboxylic acids is 1. The van der Waals surface area contributed by atoms with E-state index in [4.69, 9.17) is 0 Å². The molecule has 5 nitrogen and oxygen atoms in total. The van der Waals surface area contributed by atoms with Crippen LogP contribution in [0, 0.1) is 6.92 Å². The van der Waals surface area contributed by atoms with Gasteiger partial charge in [0.2, 0.25) is 5.91 Å². The van der Waals surface area contributed by atoms with Crippen LogP contribution in [0.25, 0.3) is 0 Å². The zero-order valence-electron chi connectivity index (χ0n) is 14.8. The maximum Gasteiger partial charge on any atom is 0.250 e. The second-order valence-electron chi connectivity index (χ2n) is 6.10. The lowest BCUT2D eigenvalue weighted by Crippen LogP contribution is -2.45. The van der Waals surface area contributed by atoms with E-state index in [9.17, 15) is 13.2 Å². The van der Waals surface area contributed by atoms with Crippen LogP contribution < -0.4 is 10.0 Å². The zero-order valence-corrected chi connectivity index (χ0v) is 16.4. The van der Waals surface area contributed by atoms with Crippen molar-refractivity contribution >= 4 is 33.0 Å². The molecule has 2 aromatic carbocycles. The third-order valence-corrected chi connectivity index (χ3v) is 6.93. The van der Waals surface area contributed by atoms with E-state index in [2.05, 4.69) is 10.0 Å². The van der Waals surface area contributed by atoms with E-state index < -0.39 is 22.0 Å². The number of rotatable bonds is 7. The first kappa shape index (κ1) is 19.3. The number of hydrogen-bond donors (Lipinski definition) is 2. The van der Waals surface area contributed by atoms with Crippen molar-refractivity contribution in [1.82, 2.24) is 4.72 Å². The van der Waals surface area contributed by atoms with Gasteiger partial charge in [-0.25, -0.2) is 8.42 Å². The number of anilines is 1. The minimum absolute atomic E-state index is 0.184. The van der Waals surface area contributed by atoms with Gasteiger partial charge in [-0.05, 0) is 42.0 Å². The van der Waals surface area contributed by atoms with Gasteiger partial charge < -0.3 is 5.32 Å². The van der Waals surface area contributed by atoms with Crippen LogP contribution in [-0.4, -0.2) is 20.4 Å². The average molecular weight is 401 g/mol. The van der Waals surface area contributed by atoms with Crippen LogP contribution in [0.15, 0.2) is 76.3 Å². The SMILES string of the molecule is Cc1ccccc1NC(=O)C(Cc1ccccc1)NS(=O)(=O)c1cccs1. The lowest BCUT2D eigenvalue weighted by molar-refractivity contribution is -0.117. The highest BCUT2D eigenvalue weighted by Crippen LogP contribution is 2.18. The van der Waals surface area contributed by atoms with Crippen molar-refractivity contribution < 1.29 is 13.2 Å². The summed E-state index contributed by atoms with van der Waals surface area (Å²) < 4.78 is 28.0. The Morgan fingerprint density at radius 3 is 2.37 bits per heavy atom. The molecule has 0 aliphatic heterocycles. The van der Waals surface area contributed by atoms with Crippen molar-refractivity contribution in [1.29, 1.82) is 0 Å². The van der Waals surface area contributed by atoms with Crippen LogP contribution in [-0.2, 0) is 21.2 Å². The Balaban J connectivity index is 1.85. The second-order valence-corrected chi connectivity index (χ2v) is 8.99. The highest BCUT2D eigenvalue weighted by atomic mass is 32.2. The molecule has 0 aliphatic rings. The van der Waals surface area contributed by atoms with Crippen LogP contribution >= 0.6 is 11.3 Å². The summed E-state index contributed by atoms with van der Waals surface area (Å²) in [6.45, 7) is 1.89. The Bertz CT molecular complexity index is 1000. The maximum absolute atomic E-state index is 12.9. The van der Waals surface area contributed by atoms with E-state index in [1.807, 2.05) is 55.5 Å². The lowest BCUT2D eigenvalue weighted by atomic mass is 10.1. The van der Waals surface area contributed by atoms with Crippen molar-refractivity contribution in [2.75, 3.05) is 5.32 Å². The molecule has 0 fully saturated rings. The topological polar surface area (TPSA) is 75.3 Å². The molecule has 2 N–H and O–H groups in total. The first-order valence-corrected chi connectivity index (χ1v) is 10.8. The molecule has 140 valence electrons. The van der Waals surface area contributed by atoms with Gasteiger partial charge in [-0.2, -0.15) is 4.72 Å². The summed E-state index contributed by atoms with van der Waals surface area (Å²) in [6, 6.07) is 19.0. The normalized spacial score (nSPS) is 12.5. The number of amides is 1. The van der Waals surface area contributed by atoms with Crippen molar-refractivity contribution in [3.63, 3.8) is 0 Å². The molecular formula is C20H20N2O3S2. The lowest BCUT2D eigenvalue weighted by Gasteiger charge is -2.19.